The summed E-state index contributed by atoms with van der Waals surface area (Å²) in [4.78, 5) is 23.2. The molecule has 1 aliphatic heterocycles. The van der Waals surface area contributed by atoms with Crippen molar-refractivity contribution >= 4 is 34.6 Å². The summed E-state index contributed by atoms with van der Waals surface area (Å²) in [6, 6.07) is 19.6. The fraction of sp³-hybridized carbons (Fsp3) is 0.160. The number of nitrogens with zero attached hydrogens (tertiary/aromatic N) is 1. The zero-order chi connectivity index (χ0) is 22.2. The van der Waals surface area contributed by atoms with Crippen LogP contribution in [0.15, 0.2) is 78.9 Å². The van der Waals surface area contributed by atoms with Crippen LogP contribution in [0.25, 0.3) is 0 Å². The highest BCUT2D eigenvalue weighted by Crippen LogP contribution is 2.50. The number of nitro groups is 1. The quantitative estimate of drug-likeness (QED) is 0.279. The summed E-state index contributed by atoms with van der Waals surface area (Å²) in [7, 11) is 0. The number of carbonyl (C=O) groups is 1. The third-order valence-corrected chi connectivity index (χ3v) is 6.44. The third-order valence-electron chi connectivity index (χ3n) is 6.19. The molecule has 0 radical (unpaired) electrons. The van der Waals surface area contributed by atoms with E-state index in [1.807, 2.05) is 24.3 Å². The molecular formula is C25H20ClN3O3. The van der Waals surface area contributed by atoms with E-state index in [-0.39, 0.29) is 23.6 Å². The van der Waals surface area contributed by atoms with Gasteiger partial charge in [-0.15, -0.1) is 0 Å². The van der Waals surface area contributed by atoms with Gasteiger partial charge in [0.05, 0.1) is 11.0 Å². The molecule has 0 unspecified atom stereocenters. The number of allylic oxidation sites excluding steroid dienone is 2. The van der Waals surface area contributed by atoms with Crippen LogP contribution in [0.2, 0.25) is 5.02 Å². The molecule has 6 nitrogen and oxygen atoms in total. The first-order valence-electron chi connectivity index (χ1n) is 10.4. The summed E-state index contributed by atoms with van der Waals surface area (Å²) in [5.41, 5.74) is 4.36. The predicted octanol–water partition coefficient (Wildman–Crippen LogP) is 6.33. The van der Waals surface area contributed by atoms with Crippen LogP contribution in [-0.2, 0) is 0 Å². The molecule has 5 rings (SSSR count). The molecule has 3 aromatic rings. The highest BCUT2D eigenvalue weighted by molar-refractivity contribution is 6.30. The highest BCUT2D eigenvalue weighted by Gasteiger charge is 2.38. The van der Waals surface area contributed by atoms with Crippen LogP contribution in [0, 0.1) is 16.0 Å². The van der Waals surface area contributed by atoms with Crippen LogP contribution in [0.4, 0.5) is 17.1 Å². The number of hydrogen-bond donors (Lipinski definition) is 2. The van der Waals surface area contributed by atoms with E-state index in [4.69, 9.17) is 11.6 Å². The van der Waals surface area contributed by atoms with Gasteiger partial charge in [0.25, 0.3) is 11.6 Å². The van der Waals surface area contributed by atoms with Crippen molar-refractivity contribution in [3.8, 4) is 0 Å². The van der Waals surface area contributed by atoms with Crippen molar-refractivity contribution in [2.75, 3.05) is 10.6 Å². The molecule has 0 aromatic heterocycles. The number of fused-ring (bicyclic) bond motifs is 3. The van der Waals surface area contributed by atoms with Crippen molar-refractivity contribution in [3.63, 3.8) is 0 Å². The van der Waals surface area contributed by atoms with Gasteiger partial charge in [-0.1, -0.05) is 35.9 Å². The Balaban J connectivity index is 1.40. The molecular weight excluding hydrogens is 426 g/mol. The van der Waals surface area contributed by atoms with Gasteiger partial charge in [-0.2, -0.15) is 0 Å². The van der Waals surface area contributed by atoms with E-state index >= 15 is 0 Å². The van der Waals surface area contributed by atoms with Gasteiger partial charge in [0, 0.05) is 40.0 Å². The largest absolute Gasteiger partial charge is 0.378 e. The SMILES string of the molecule is O=C(Nc1ccc([N+](=O)[O-])cc1)c1ccc2c(c1)[C@@H]1C=CC[C@@H]1[C@H](c1ccc(Cl)cc1)N2. The van der Waals surface area contributed by atoms with Gasteiger partial charge < -0.3 is 10.6 Å². The zero-order valence-electron chi connectivity index (χ0n) is 17.0. The summed E-state index contributed by atoms with van der Waals surface area (Å²) in [6.45, 7) is 0. The second-order valence-corrected chi connectivity index (χ2v) is 8.52. The summed E-state index contributed by atoms with van der Waals surface area (Å²) in [5.74, 6) is 0.329. The monoisotopic (exact) mass is 445 g/mol. The van der Waals surface area contributed by atoms with E-state index in [0.29, 0.717) is 17.2 Å². The van der Waals surface area contributed by atoms with Crippen LogP contribution >= 0.6 is 11.6 Å². The Hall–Kier alpha value is -3.64. The molecule has 0 fully saturated rings. The summed E-state index contributed by atoms with van der Waals surface area (Å²) < 4.78 is 0. The maximum Gasteiger partial charge on any atom is 0.269 e. The molecule has 3 aromatic carbocycles. The van der Waals surface area contributed by atoms with E-state index in [0.717, 1.165) is 22.7 Å². The van der Waals surface area contributed by atoms with Crippen molar-refractivity contribution in [2.45, 2.75) is 18.4 Å². The second kappa shape index (κ2) is 8.13. The Kier molecular flexibility index (Phi) is 5.15. The van der Waals surface area contributed by atoms with Crippen LogP contribution < -0.4 is 10.6 Å². The average molecular weight is 446 g/mol. The molecule has 3 atom stereocenters. The van der Waals surface area contributed by atoms with Crippen LogP contribution in [0.5, 0.6) is 0 Å². The molecule has 0 saturated carbocycles. The van der Waals surface area contributed by atoms with E-state index in [1.54, 1.807) is 6.07 Å². The molecule has 0 bridgehead atoms. The molecule has 0 saturated heterocycles. The second-order valence-electron chi connectivity index (χ2n) is 8.09. The normalized spacial score (nSPS) is 20.7. The molecule has 1 heterocycles. The number of nitrogens with one attached hydrogen (secondary N) is 2. The lowest BCUT2D eigenvalue weighted by Crippen LogP contribution is -2.29. The minimum Gasteiger partial charge on any atom is -0.378 e. The number of carbonyl (C=O) groups excluding carboxylic acids is 1. The van der Waals surface area contributed by atoms with Gasteiger partial charge in [0.15, 0.2) is 0 Å². The lowest BCUT2D eigenvalue weighted by molar-refractivity contribution is -0.384. The summed E-state index contributed by atoms with van der Waals surface area (Å²) in [5, 5.41) is 18.0. The Morgan fingerprint density at radius 2 is 1.81 bits per heavy atom. The molecule has 2 aliphatic rings. The number of amides is 1. The molecule has 160 valence electrons. The van der Waals surface area contributed by atoms with Gasteiger partial charge in [-0.05, 0) is 65.9 Å². The first-order chi connectivity index (χ1) is 15.5. The molecule has 0 spiro atoms. The van der Waals surface area contributed by atoms with Gasteiger partial charge in [0.1, 0.15) is 0 Å². The topological polar surface area (TPSA) is 84.3 Å². The third kappa shape index (κ3) is 3.74. The number of non-ortho nitro benzene ring substituents is 1. The highest BCUT2D eigenvalue weighted by atomic mass is 35.5. The number of benzene rings is 3. The fourth-order valence-corrected chi connectivity index (χ4v) is 4.73. The Bertz CT molecular complexity index is 1220. The summed E-state index contributed by atoms with van der Waals surface area (Å²) in [6.07, 6.45) is 5.40. The van der Waals surface area contributed by atoms with Crippen LogP contribution in [0.3, 0.4) is 0 Å². The minimum absolute atomic E-state index is 0.0165. The minimum atomic E-state index is -0.467. The lowest BCUT2D eigenvalue weighted by atomic mass is 9.76. The smallest absolute Gasteiger partial charge is 0.269 e. The van der Waals surface area contributed by atoms with Gasteiger partial charge in [-0.3, -0.25) is 14.9 Å². The predicted molar refractivity (Wildman–Crippen MR) is 125 cm³/mol. The van der Waals surface area contributed by atoms with Crippen molar-refractivity contribution in [1.29, 1.82) is 0 Å². The van der Waals surface area contributed by atoms with E-state index in [2.05, 4.69) is 34.9 Å². The fourth-order valence-electron chi connectivity index (χ4n) is 4.61. The number of nitro benzene ring substituents is 1. The Labute approximate surface area is 190 Å². The molecule has 7 heteroatoms. The van der Waals surface area contributed by atoms with Crippen molar-refractivity contribution < 1.29 is 9.72 Å². The molecule has 2 N–H and O–H groups in total. The van der Waals surface area contributed by atoms with Gasteiger partial charge in [-0.25, -0.2) is 0 Å². The molecule has 1 amide bonds. The van der Waals surface area contributed by atoms with Crippen molar-refractivity contribution in [3.05, 3.63) is 111 Å². The number of hydrogen-bond acceptors (Lipinski definition) is 4. The van der Waals surface area contributed by atoms with Gasteiger partial charge >= 0.3 is 0 Å². The standard InChI is InChI=1S/C25H20ClN3O3/c26-17-7-4-15(5-8-17)24-21-3-1-2-20(21)22-14-16(6-13-23(22)28-24)25(30)27-18-9-11-19(12-10-18)29(31)32/h1-2,4-14,20-21,24,28H,3H2,(H,27,30)/t20-,21+,24+/m1/s1. The average Bonchev–Trinajstić information content (AvgIpc) is 3.29. The number of halogens is 1. The number of anilines is 2. The van der Waals surface area contributed by atoms with E-state index in [9.17, 15) is 14.9 Å². The van der Waals surface area contributed by atoms with Crippen molar-refractivity contribution in [2.24, 2.45) is 5.92 Å². The van der Waals surface area contributed by atoms with E-state index in [1.165, 1.54) is 29.8 Å². The lowest BCUT2D eigenvalue weighted by Gasteiger charge is -2.37. The van der Waals surface area contributed by atoms with E-state index < -0.39 is 4.92 Å². The first kappa shape index (κ1) is 20.3. The summed E-state index contributed by atoms with van der Waals surface area (Å²) >= 11 is 6.07. The Morgan fingerprint density at radius 3 is 2.53 bits per heavy atom. The van der Waals surface area contributed by atoms with Crippen LogP contribution in [-0.4, -0.2) is 10.8 Å². The molecule has 32 heavy (non-hydrogen) atoms. The first-order valence-corrected chi connectivity index (χ1v) is 10.8. The maximum atomic E-state index is 12.8. The maximum absolute atomic E-state index is 12.8. The van der Waals surface area contributed by atoms with Gasteiger partial charge in [0.2, 0.25) is 0 Å². The van der Waals surface area contributed by atoms with Crippen molar-refractivity contribution in [1.82, 2.24) is 0 Å². The number of rotatable bonds is 4. The van der Waals surface area contributed by atoms with Crippen LogP contribution in [0.1, 0.15) is 39.9 Å². The molecule has 1 aliphatic carbocycles. The zero-order valence-corrected chi connectivity index (χ0v) is 17.8. The Morgan fingerprint density at radius 1 is 1.06 bits per heavy atom.